The van der Waals surface area contributed by atoms with Gasteiger partial charge in [-0.25, -0.2) is 9.59 Å². The largest absolute Gasteiger partial charge is 0.515 e. The van der Waals surface area contributed by atoms with Crippen molar-refractivity contribution in [3.63, 3.8) is 0 Å². The molecule has 298 valence electrons. The number of likely N-dealkylation sites (N-methyl/N-ethyl adjacent to an activating group) is 1. The van der Waals surface area contributed by atoms with E-state index in [0.29, 0.717) is 64.5 Å². The molecule has 10 rings (SSSR count). The molecule has 0 amide bonds. The van der Waals surface area contributed by atoms with Gasteiger partial charge in [-0.3, -0.25) is 15.1 Å². The summed E-state index contributed by atoms with van der Waals surface area (Å²) in [4.78, 5) is 32.0. The lowest BCUT2D eigenvalue weighted by molar-refractivity contribution is -0.186. The van der Waals surface area contributed by atoms with Gasteiger partial charge in [0.25, 0.3) is 0 Å². The second-order valence-electron chi connectivity index (χ2n) is 14.9. The first-order valence-electron chi connectivity index (χ1n) is 18.3. The number of alkyl halides is 1. The summed E-state index contributed by atoms with van der Waals surface area (Å²) in [5.74, 6) is 1.00. The first-order valence-corrected chi connectivity index (χ1v) is 19.9. The molecule has 7 aliphatic heterocycles. The van der Waals surface area contributed by atoms with Crippen LogP contribution in [0.4, 0.5) is 4.79 Å². The zero-order valence-corrected chi connectivity index (χ0v) is 32.9. The smallest absolute Gasteiger partial charge is 0.504 e. The second kappa shape index (κ2) is 13.7. The van der Waals surface area contributed by atoms with E-state index in [-0.39, 0.29) is 42.2 Å². The molecule has 2 fully saturated rings. The van der Waals surface area contributed by atoms with Crippen molar-refractivity contribution in [1.29, 1.82) is 0 Å². The molecule has 7 heterocycles. The highest BCUT2D eigenvalue weighted by Crippen LogP contribution is 2.64. The summed E-state index contributed by atoms with van der Waals surface area (Å²) in [5, 5.41) is 38.2. The molecular formula is C39H42ClN3O12S. The van der Waals surface area contributed by atoms with Crippen LogP contribution in [0.2, 0.25) is 0 Å². The lowest BCUT2D eigenvalue weighted by Crippen LogP contribution is -2.70. The summed E-state index contributed by atoms with van der Waals surface area (Å²) in [6, 6.07) is 2.41. The van der Waals surface area contributed by atoms with Crippen molar-refractivity contribution in [2.45, 2.75) is 67.9 Å². The molecule has 1 unspecified atom stereocenters. The number of halogens is 1. The van der Waals surface area contributed by atoms with E-state index < -0.39 is 59.4 Å². The van der Waals surface area contributed by atoms with Crippen LogP contribution in [-0.2, 0) is 32.6 Å². The van der Waals surface area contributed by atoms with Crippen molar-refractivity contribution in [1.82, 2.24) is 15.1 Å². The molecule has 3 aromatic carbocycles. The molecule has 2 saturated heterocycles. The van der Waals surface area contributed by atoms with E-state index in [9.17, 15) is 24.9 Å². The molecule has 3 aromatic rings. The average Bonchev–Trinajstić information content (AvgIpc) is 3.67. The number of piperazine rings is 1. The summed E-state index contributed by atoms with van der Waals surface area (Å²) in [7, 11) is 4.90. The van der Waals surface area contributed by atoms with Gasteiger partial charge in [0, 0.05) is 40.6 Å². The number of rotatable bonds is 4. The molecular weight excluding hydrogens is 770 g/mol. The summed E-state index contributed by atoms with van der Waals surface area (Å²) >= 11 is 7.23. The number of hydrogen-bond donors (Lipinski definition) is 4. The number of thioether (sulfide) groups is 1. The molecule has 7 aliphatic rings. The number of phenols is 2. The number of hydrogen-bond acceptors (Lipinski definition) is 16. The number of aryl methyl sites for hydroxylation is 1. The van der Waals surface area contributed by atoms with Crippen LogP contribution in [0.3, 0.4) is 0 Å². The van der Waals surface area contributed by atoms with Gasteiger partial charge in [0.2, 0.25) is 6.79 Å². The highest BCUT2D eigenvalue weighted by molar-refractivity contribution is 7.99. The minimum absolute atomic E-state index is 0.00837. The number of benzene rings is 3. The van der Waals surface area contributed by atoms with Crippen LogP contribution < -0.4 is 29.0 Å². The van der Waals surface area contributed by atoms with Gasteiger partial charge in [-0.15, -0.1) is 11.8 Å². The topological polar surface area (TPSA) is 178 Å². The van der Waals surface area contributed by atoms with Gasteiger partial charge in [-0.2, -0.15) is 0 Å². The Kier molecular flexibility index (Phi) is 9.09. The molecule has 4 bridgehead atoms. The maximum Gasteiger partial charge on any atom is 0.515 e. The predicted molar refractivity (Wildman–Crippen MR) is 201 cm³/mol. The van der Waals surface area contributed by atoms with E-state index in [1.54, 1.807) is 19.1 Å². The van der Waals surface area contributed by atoms with Crippen molar-refractivity contribution < 1.29 is 58.1 Å². The van der Waals surface area contributed by atoms with E-state index in [0.717, 1.165) is 16.7 Å². The van der Waals surface area contributed by atoms with Crippen molar-refractivity contribution in [3.8, 4) is 40.2 Å². The quantitative estimate of drug-likeness (QED) is 0.167. The Labute approximate surface area is 331 Å². The van der Waals surface area contributed by atoms with Gasteiger partial charge in [0.15, 0.2) is 46.1 Å². The standard InChI is InChI=1S/C39H42ClN3O12S/c1-16-8-19-9-21-36(46)43-22-12-51-37(47)39(20-11-24(49-4)23(44)10-18(20)6-7-41-39)13-56-35(29(43)28(42(21)3)25(19)30(45)31(16)50-5)27-26(22)34-33(53-15-54-34)17(2)32(27)55-38(48)52-14-40/h8,10-11,21-22,28-29,35-36,41,44-46H,6-7,9,12-15H2,1-5H3/t21-,22-,28+,29?,35+,36-,39+/m0/s1. The van der Waals surface area contributed by atoms with E-state index >= 15 is 0 Å². The molecule has 0 radical (unpaired) electrons. The van der Waals surface area contributed by atoms with E-state index in [4.69, 9.17) is 44.8 Å². The third kappa shape index (κ3) is 5.19. The van der Waals surface area contributed by atoms with Crippen LogP contribution in [0.1, 0.15) is 61.8 Å². The Morgan fingerprint density at radius 3 is 2.59 bits per heavy atom. The minimum atomic E-state index is -1.40. The summed E-state index contributed by atoms with van der Waals surface area (Å²) < 4.78 is 40.9. The third-order valence-electron chi connectivity index (χ3n) is 12.4. The second-order valence-corrected chi connectivity index (χ2v) is 16.3. The maximum absolute atomic E-state index is 14.7. The van der Waals surface area contributed by atoms with Crippen LogP contribution in [-0.4, -0.2) is 109 Å². The van der Waals surface area contributed by atoms with Crippen LogP contribution in [0.5, 0.6) is 40.2 Å². The maximum atomic E-state index is 14.7. The lowest BCUT2D eigenvalue weighted by Gasteiger charge is -2.62. The number of carbonyl (C=O) groups excluding carboxylic acids is 2. The number of esters is 1. The van der Waals surface area contributed by atoms with Crippen molar-refractivity contribution in [3.05, 3.63) is 62.7 Å². The third-order valence-corrected chi connectivity index (χ3v) is 14.0. The number of aliphatic hydroxyl groups is 1. The van der Waals surface area contributed by atoms with Gasteiger partial charge in [0.1, 0.15) is 18.6 Å². The normalized spacial score (nSPS) is 28.7. The molecule has 1 spiro atoms. The van der Waals surface area contributed by atoms with Crippen LogP contribution in [0, 0.1) is 13.8 Å². The van der Waals surface area contributed by atoms with Crippen molar-refractivity contribution >= 4 is 35.5 Å². The van der Waals surface area contributed by atoms with Crippen LogP contribution in [0.25, 0.3) is 0 Å². The fourth-order valence-corrected chi connectivity index (χ4v) is 11.8. The van der Waals surface area contributed by atoms with E-state index in [2.05, 4.69) is 10.2 Å². The van der Waals surface area contributed by atoms with Crippen LogP contribution >= 0.6 is 23.4 Å². The number of carbonyl (C=O) groups is 2. The minimum Gasteiger partial charge on any atom is -0.504 e. The highest BCUT2D eigenvalue weighted by atomic mass is 35.5. The molecule has 0 aromatic heterocycles. The number of aliphatic hydroxyl groups excluding tert-OH is 1. The Morgan fingerprint density at radius 1 is 1.05 bits per heavy atom. The van der Waals surface area contributed by atoms with Crippen molar-refractivity contribution in [2.75, 3.05) is 53.0 Å². The van der Waals surface area contributed by atoms with Crippen LogP contribution in [0.15, 0.2) is 18.2 Å². The monoisotopic (exact) mass is 811 g/mol. The molecule has 7 atom stereocenters. The van der Waals surface area contributed by atoms with E-state index in [1.807, 2.05) is 24.9 Å². The number of aromatic hydroxyl groups is 2. The van der Waals surface area contributed by atoms with Crippen molar-refractivity contribution in [2.24, 2.45) is 0 Å². The lowest BCUT2D eigenvalue weighted by atomic mass is 9.73. The van der Waals surface area contributed by atoms with Gasteiger partial charge in [-0.05, 0) is 68.1 Å². The summed E-state index contributed by atoms with van der Waals surface area (Å²) in [6.07, 6.45) is -1.15. The van der Waals surface area contributed by atoms with Gasteiger partial charge >= 0.3 is 12.1 Å². The summed E-state index contributed by atoms with van der Waals surface area (Å²) in [6.45, 7) is 3.70. The fourth-order valence-electron chi connectivity index (χ4n) is 10.0. The predicted octanol–water partition coefficient (Wildman–Crippen LogP) is 4.20. The van der Waals surface area contributed by atoms with Gasteiger partial charge in [-0.1, -0.05) is 17.7 Å². The molecule has 0 aliphatic carbocycles. The number of ether oxygens (including phenoxy) is 7. The molecule has 0 saturated carbocycles. The fraction of sp³-hybridized carbons (Fsp3) is 0.487. The Bertz CT molecular complexity index is 2170. The Hall–Kier alpha value is -4.32. The zero-order valence-electron chi connectivity index (χ0n) is 31.3. The number of fused-ring (bicyclic) bond motifs is 9. The summed E-state index contributed by atoms with van der Waals surface area (Å²) in [5.41, 5.74) is 3.88. The van der Waals surface area contributed by atoms with Gasteiger partial charge in [0.05, 0.1) is 37.6 Å². The molecule has 56 heavy (non-hydrogen) atoms. The number of methoxy groups -OCH3 is 2. The number of nitrogens with one attached hydrogen (secondary N) is 1. The highest BCUT2D eigenvalue weighted by Gasteiger charge is 2.61. The first-order chi connectivity index (χ1) is 26.9. The average molecular weight is 812 g/mol. The Balaban J connectivity index is 1.32. The number of nitrogens with zero attached hydrogens (tertiary/aromatic N) is 2. The number of phenolic OH excluding ortho intramolecular Hbond substituents is 2. The SMILES string of the molecule is COc1cc2c(cc1O)CCN[C@]21CS[C@@H]2c3c(OC(=O)OCCl)c(C)c4c(c3[C@H](COC1=O)N1C2[C@H]2c3c(cc(C)c(OC)c3O)C[C@@H]([C@@H]1O)N2C)OCO4. The molecule has 4 N–H and O–H groups in total. The first kappa shape index (κ1) is 37.3. The Morgan fingerprint density at radius 2 is 1.84 bits per heavy atom. The zero-order chi connectivity index (χ0) is 39.4. The molecule has 17 heteroatoms. The van der Waals surface area contributed by atoms with Gasteiger partial charge < -0.3 is 48.5 Å². The molecule has 15 nitrogen and oxygen atoms in total. The van der Waals surface area contributed by atoms with E-state index in [1.165, 1.54) is 26.0 Å².